The predicted octanol–water partition coefficient (Wildman–Crippen LogP) is 7.09. The number of carboxylic acids is 1. The second-order valence-electron chi connectivity index (χ2n) is 6.38. The fraction of sp³-hybridized carbons (Fsp3) is 0.533. The molecule has 35 heavy (non-hydrogen) atoms. The Hall–Kier alpha value is -2.34. The molecule has 0 aliphatic heterocycles. The van der Waals surface area contributed by atoms with Gasteiger partial charge in [0.15, 0.2) is 0 Å². The van der Waals surface area contributed by atoms with E-state index < -0.39 is 70.4 Å². The van der Waals surface area contributed by atoms with E-state index >= 15 is 0 Å². The van der Waals surface area contributed by atoms with Gasteiger partial charge >= 0.3 is 54.0 Å². The van der Waals surface area contributed by atoms with Gasteiger partial charge in [0.2, 0.25) is 0 Å². The SMILES string of the molecule is O=C(O)c1ccc(OC(F)C(F)(F)C(F)(F)C(F)(F)C(F)(F)C(F)(F)C(F)(F)C(F)(F)F)c(Cl)c1. The predicted molar refractivity (Wildman–Crippen MR) is 79.7 cm³/mol. The van der Waals surface area contributed by atoms with Crippen molar-refractivity contribution in [2.45, 2.75) is 48.1 Å². The molecule has 1 aromatic carbocycles. The third-order valence-electron chi connectivity index (χ3n) is 4.05. The summed E-state index contributed by atoms with van der Waals surface area (Å²) >= 11 is 5.25. The highest BCUT2D eigenvalue weighted by molar-refractivity contribution is 6.32. The van der Waals surface area contributed by atoms with Crippen molar-refractivity contribution in [3.8, 4) is 5.75 Å². The van der Waals surface area contributed by atoms with Crippen LogP contribution in [0.2, 0.25) is 5.02 Å². The molecule has 0 saturated heterocycles. The number of ether oxygens (including phenoxy) is 1. The molecule has 0 heterocycles. The molecular weight excluding hydrogens is 568 g/mol. The lowest BCUT2D eigenvalue weighted by Crippen LogP contribution is -2.73. The quantitative estimate of drug-likeness (QED) is 0.322. The zero-order valence-corrected chi connectivity index (χ0v) is 16.3. The van der Waals surface area contributed by atoms with Gasteiger partial charge in [-0.3, -0.25) is 0 Å². The maximum atomic E-state index is 13.7. The minimum absolute atomic E-state index is 0.164. The van der Waals surface area contributed by atoms with Crippen molar-refractivity contribution < 1.29 is 84.9 Å². The Bertz CT molecular complexity index is 958. The Morgan fingerprint density at radius 3 is 1.51 bits per heavy atom. The van der Waals surface area contributed by atoms with Crippen LogP contribution in [0.4, 0.5) is 70.2 Å². The first-order valence-corrected chi connectivity index (χ1v) is 8.26. The van der Waals surface area contributed by atoms with Gasteiger partial charge in [0, 0.05) is 0 Å². The van der Waals surface area contributed by atoms with Crippen molar-refractivity contribution >= 4 is 17.6 Å². The summed E-state index contributed by atoms with van der Waals surface area (Å²) in [7, 11) is 0. The minimum Gasteiger partial charge on any atom is -0.478 e. The van der Waals surface area contributed by atoms with Gasteiger partial charge in [-0.15, -0.1) is 0 Å². The van der Waals surface area contributed by atoms with Crippen LogP contribution in [0.5, 0.6) is 5.75 Å². The van der Waals surface area contributed by atoms with Crippen molar-refractivity contribution in [3.63, 3.8) is 0 Å². The number of hydrogen-bond donors (Lipinski definition) is 1. The Morgan fingerprint density at radius 2 is 1.14 bits per heavy atom. The monoisotopic (exact) mass is 572 g/mol. The highest BCUT2D eigenvalue weighted by atomic mass is 35.5. The molecule has 0 aliphatic carbocycles. The van der Waals surface area contributed by atoms with Crippen molar-refractivity contribution in [3.05, 3.63) is 28.8 Å². The zero-order valence-electron chi connectivity index (χ0n) is 15.5. The van der Waals surface area contributed by atoms with Crippen molar-refractivity contribution in [1.82, 2.24) is 0 Å². The molecule has 3 nitrogen and oxygen atoms in total. The summed E-state index contributed by atoms with van der Waals surface area (Å²) < 4.78 is 213. The molecule has 20 heteroatoms. The fourth-order valence-electron chi connectivity index (χ4n) is 2.04. The second-order valence-corrected chi connectivity index (χ2v) is 6.78. The lowest BCUT2D eigenvalue weighted by Gasteiger charge is -2.41. The molecule has 202 valence electrons. The Labute approximate surface area is 186 Å². The molecule has 1 rings (SSSR count). The topological polar surface area (TPSA) is 46.5 Å². The standard InChI is InChI=1S/C15H5ClF16O3/c16-5-3-4(7(33)34)1-2-6(5)35-8(17)9(18,19)10(20,21)11(22,23)12(24,25)13(26,27)14(28,29)15(30,31)32/h1-3,8H,(H,33,34). The van der Waals surface area contributed by atoms with E-state index in [0.29, 0.717) is 12.1 Å². The van der Waals surface area contributed by atoms with Crippen molar-refractivity contribution in [2.75, 3.05) is 0 Å². The van der Waals surface area contributed by atoms with Gasteiger partial charge in [-0.05, 0) is 18.2 Å². The highest BCUT2D eigenvalue weighted by Crippen LogP contribution is 2.62. The van der Waals surface area contributed by atoms with E-state index in [2.05, 4.69) is 4.74 Å². The van der Waals surface area contributed by atoms with Gasteiger partial charge in [0.05, 0.1) is 10.6 Å². The van der Waals surface area contributed by atoms with Crippen LogP contribution in [0.15, 0.2) is 18.2 Å². The smallest absolute Gasteiger partial charge is 0.460 e. The number of benzene rings is 1. The number of halogens is 17. The maximum Gasteiger partial charge on any atom is 0.460 e. The summed E-state index contributed by atoms with van der Waals surface area (Å²) in [5, 5.41) is 7.44. The van der Waals surface area contributed by atoms with Crippen LogP contribution in [0.25, 0.3) is 0 Å². The first-order chi connectivity index (χ1) is 15.2. The summed E-state index contributed by atoms with van der Waals surface area (Å²) in [6.45, 7) is 0. The molecule has 1 atom stereocenters. The molecule has 1 unspecified atom stereocenters. The van der Waals surface area contributed by atoms with Crippen LogP contribution in [-0.4, -0.2) is 59.1 Å². The first-order valence-electron chi connectivity index (χ1n) is 7.89. The van der Waals surface area contributed by atoms with Crippen LogP contribution in [-0.2, 0) is 0 Å². The first kappa shape index (κ1) is 30.7. The van der Waals surface area contributed by atoms with Crippen LogP contribution in [0, 0.1) is 0 Å². The third-order valence-corrected chi connectivity index (χ3v) is 4.34. The van der Waals surface area contributed by atoms with E-state index in [1.807, 2.05) is 0 Å². The second kappa shape index (κ2) is 8.65. The molecular formula is C15H5ClF16O3. The van der Waals surface area contributed by atoms with E-state index in [1.54, 1.807) is 0 Å². The van der Waals surface area contributed by atoms with Crippen molar-refractivity contribution in [2.24, 2.45) is 0 Å². The number of hydrogen-bond acceptors (Lipinski definition) is 2. The average molecular weight is 573 g/mol. The third kappa shape index (κ3) is 4.50. The lowest BCUT2D eigenvalue weighted by molar-refractivity contribution is -0.457. The summed E-state index contributed by atoms with van der Waals surface area (Å²) in [6, 6.07) is 0.844. The van der Waals surface area contributed by atoms with E-state index in [4.69, 9.17) is 16.7 Å². The Morgan fingerprint density at radius 1 is 0.743 bits per heavy atom. The maximum absolute atomic E-state index is 13.7. The minimum atomic E-state index is -8.58. The highest BCUT2D eigenvalue weighted by Gasteiger charge is 2.94. The van der Waals surface area contributed by atoms with Gasteiger partial charge in [0.25, 0.3) is 0 Å². The molecule has 1 N–H and O–H groups in total. The summed E-state index contributed by atoms with van der Waals surface area (Å²) in [4.78, 5) is 10.7. The van der Waals surface area contributed by atoms with Gasteiger partial charge < -0.3 is 9.84 Å². The van der Waals surface area contributed by atoms with Crippen LogP contribution in [0.1, 0.15) is 10.4 Å². The molecule has 0 radical (unpaired) electrons. The lowest BCUT2D eigenvalue weighted by atomic mass is 9.91. The zero-order chi connectivity index (χ0) is 28.2. The van der Waals surface area contributed by atoms with E-state index in [-0.39, 0.29) is 6.07 Å². The van der Waals surface area contributed by atoms with Crippen LogP contribution < -0.4 is 4.74 Å². The molecule has 0 bridgehead atoms. The largest absolute Gasteiger partial charge is 0.478 e. The molecule has 0 aromatic heterocycles. The fourth-order valence-corrected chi connectivity index (χ4v) is 2.26. The summed E-state index contributed by atoms with van der Waals surface area (Å²) in [6.07, 6.45) is -13.0. The summed E-state index contributed by atoms with van der Waals surface area (Å²) in [5.41, 5.74) is -0.770. The number of rotatable bonds is 9. The van der Waals surface area contributed by atoms with Crippen LogP contribution >= 0.6 is 11.6 Å². The van der Waals surface area contributed by atoms with Gasteiger partial charge in [-0.1, -0.05) is 11.6 Å². The molecule has 0 amide bonds. The number of alkyl halides is 16. The molecule has 0 fully saturated rings. The molecule has 0 aliphatic rings. The Kier molecular flexibility index (Phi) is 7.58. The van der Waals surface area contributed by atoms with Crippen molar-refractivity contribution in [1.29, 1.82) is 0 Å². The Balaban J connectivity index is 3.49. The van der Waals surface area contributed by atoms with E-state index in [9.17, 15) is 75.0 Å². The van der Waals surface area contributed by atoms with E-state index in [0.717, 1.165) is 0 Å². The summed E-state index contributed by atoms with van der Waals surface area (Å²) in [5.74, 6) is -52.4. The average Bonchev–Trinajstić information content (AvgIpc) is 2.67. The number of carbonyl (C=O) groups is 1. The molecule has 0 saturated carbocycles. The molecule has 1 aromatic rings. The van der Waals surface area contributed by atoms with Crippen LogP contribution in [0.3, 0.4) is 0 Å². The van der Waals surface area contributed by atoms with Gasteiger partial charge in [0.1, 0.15) is 5.75 Å². The normalized spacial score (nSPS) is 15.7. The van der Waals surface area contributed by atoms with Gasteiger partial charge in [-0.25, -0.2) is 4.79 Å². The molecule has 0 spiro atoms. The number of carboxylic acid groups (broad SMARTS) is 1. The number of aromatic carboxylic acids is 1. The van der Waals surface area contributed by atoms with E-state index in [1.165, 1.54) is 0 Å². The van der Waals surface area contributed by atoms with Gasteiger partial charge in [-0.2, -0.15) is 70.2 Å².